The Balaban J connectivity index is 1.38. The molecule has 0 spiro atoms. The van der Waals surface area contributed by atoms with E-state index in [1.165, 1.54) is 6.07 Å². The van der Waals surface area contributed by atoms with Crippen molar-refractivity contribution in [3.63, 3.8) is 0 Å². The minimum absolute atomic E-state index is 0.0310. The van der Waals surface area contributed by atoms with Crippen molar-refractivity contribution in [1.29, 1.82) is 0 Å². The molecule has 3 heterocycles. The van der Waals surface area contributed by atoms with Crippen LogP contribution in [0.4, 0.5) is 19.0 Å². The molecule has 0 atom stereocenters. The molecule has 1 amide bonds. The lowest BCUT2D eigenvalue weighted by Crippen LogP contribution is -2.49. The Bertz CT molecular complexity index is 1080. The zero-order chi connectivity index (χ0) is 22.7. The molecule has 1 saturated heterocycles. The molecule has 32 heavy (non-hydrogen) atoms. The molecular formula is C22H21F3N4OS2. The fourth-order valence-electron chi connectivity index (χ4n) is 3.44. The first-order chi connectivity index (χ1) is 15.3. The zero-order valence-corrected chi connectivity index (χ0v) is 18.9. The molecule has 2 aromatic heterocycles. The van der Waals surface area contributed by atoms with Crippen LogP contribution in [0, 0.1) is 6.92 Å². The maximum atomic E-state index is 13.2. The predicted octanol–water partition coefficient (Wildman–Crippen LogP) is 5.12. The molecule has 1 aliphatic heterocycles. The van der Waals surface area contributed by atoms with Crippen molar-refractivity contribution in [2.75, 3.05) is 31.1 Å². The van der Waals surface area contributed by atoms with Crippen molar-refractivity contribution in [3.8, 4) is 0 Å². The number of aryl methyl sites for hydroxylation is 1. The van der Waals surface area contributed by atoms with Crippen molar-refractivity contribution in [2.24, 2.45) is 0 Å². The summed E-state index contributed by atoms with van der Waals surface area (Å²) < 4.78 is 39.2. The molecule has 0 bridgehead atoms. The lowest BCUT2D eigenvalue weighted by Gasteiger charge is -2.35. The molecule has 5 nitrogen and oxygen atoms in total. The van der Waals surface area contributed by atoms with Crippen LogP contribution in [0.3, 0.4) is 0 Å². The van der Waals surface area contributed by atoms with Crippen molar-refractivity contribution in [1.82, 2.24) is 14.9 Å². The van der Waals surface area contributed by atoms with E-state index < -0.39 is 11.7 Å². The fraction of sp³-hybridized carbons (Fsp3) is 0.318. The highest BCUT2D eigenvalue weighted by Gasteiger charge is 2.31. The summed E-state index contributed by atoms with van der Waals surface area (Å²) in [6.07, 6.45) is -3.55. The van der Waals surface area contributed by atoms with Gasteiger partial charge in [-0.2, -0.15) is 13.2 Å². The smallest absolute Gasteiger partial charge is 0.353 e. The summed E-state index contributed by atoms with van der Waals surface area (Å²) in [4.78, 5) is 25.3. The number of carbonyl (C=O) groups excluding carboxylic acids is 1. The Morgan fingerprint density at radius 2 is 1.88 bits per heavy atom. The van der Waals surface area contributed by atoms with Crippen molar-refractivity contribution in [3.05, 3.63) is 70.4 Å². The Labute approximate surface area is 192 Å². The van der Waals surface area contributed by atoms with Gasteiger partial charge >= 0.3 is 6.18 Å². The Kier molecular flexibility index (Phi) is 6.71. The number of thiazole rings is 1. The molecule has 1 aliphatic rings. The Hall–Kier alpha value is -2.59. The number of benzene rings is 1. The number of hydrogen-bond acceptors (Lipinski definition) is 6. The van der Waals surface area contributed by atoms with Crippen LogP contribution in [0.1, 0.15) is 27.2 Å². The van der Waals surface area contributed by atoms with Gasteiger partial charge in [-0.3, -0.25) is 4.79 Å². The average Bonchev–Trinajstić information content (AvgIpc) is 3.22. The predicted molar refractivity (Wildman–Crippen MR) is 120 cm³/mol. The van der Waals surface area contributed by atoms with Crippen LogP contribution in [-0.4, -0.2) is 47.0 Å². The number of piperazine rings is 1. The largest absolute Gasteiger partial charge is 0.417 e. The molecule has 168 valence electrons. The van der Waals surface area contributed by atoms with E-state index in [0.29, 0.717) is 43.3 Å². The van der Waals surface area contributed by atoms with E-state index in [2.05, 4.69) is 9.97 Å². The number of carbonyl (C=O) groups is 1. The van der Waals surface area contributed by atoms with E-state index in [-0.39, 0.29) is 5.91 Å². The quantitative estimate of drug-likeness (QED) is 0.477. The third-order valence-electron chi connectivity index (χ3n) is 5.16. The number of rotatable bonds is 5. The van der Waals surface area contributed by atoms with Gasteiger partial charge in [0.2, 0.25) is 0 Å². The first-order valence-corrected chi connectivity index (χ1v) is 11.9. The summed E-state index contributed by atoms with van der Waals surface area (Å²) in [5, 5.41) is 2.00. The van der Waals surface area contributed by atoms with Gasteiger partial charge in [0.25, 0.3) is 5.91 Å². The number of amides is 1. The van der Waals surface area contributed by atoms with E-state index in [1.54, 1.807) is 28.0 Å². The first-order valence-electron chi connectivity index (χ1n) is 10.0. The van der Waals surface area contributed by atoms with Crippen LogP contribution >= 0.6 is 23.1 Å². The van der Waals surface area contributed by atoms with Gasteiger partial charge in [0.15, 0.2) is 0 Å². The summed E-state index contributed by atoms with van der Waals surface area (Å²) in [5.41, 5.74) is 1.86. The zero-order valence-electron chi connectivity index (χ0n) is 17.3. The highest BCUT2D eigenvalue weighted by Crippen LogP contribution is 2.30. The van der Waals surface area contributed by atoms with Crippen molar-refractivity contribution in [2.45, 2.75) is 23.2 Å². The van der Waals surface area contributed by atoms with E-state index in [4.69, 9.17) is 0 Å². The fourth-order valence-corrected chi connectivity index (χ4v) is 5.30. The minimum atomic E-state index is -4.40. The number of pyridine rings is 1. The number of anilines is 1. The summed E-state index contributed by atoms with van der Waals surface area (Å²) in [5.74, 6) is 1.11. The van der Waals surface area contributed by atoms with Crippen molar-refractivity contribution >= 4 is 34.8 Å². The van der Waals surface area contributed by atoms with Crippen LogP contribution < -0.4 is 4.90 Å². The molecule has 0 unspecified atom stereocenters. The summed E-state index contributed by atoms with van der Waals surface area (Å²) in [6, 6.07) is 10.0. The summed E-state index contributed by atoms with van der Waals surface area (Å²) in [6.45, 7) is 3.94. The second-order valence-electron chi connectivity index (χ2n) is 7.38. The molecular weight excluding hydrogens is 457 g/mol. The normalized spacial score (nSPS) is 14.6. The maximum absolute atomic E-state index is 13.2. The SMILES string of the molecule is Cc1csc(SCc2ccccc2C(=O)N2CCN(c3ccc(C(F)(F)F)cn3)CC2)n1. The second-order valence-corrected chi connectivity index (χ2v) is 9.46. The molecule has 0 saturated carbocycles. The minimum Gasteiger partial charge on any atom is -0.353 e. The van der Waals surface area contributed by atoms with Gasteiger partial charge in [-0.15, -0.1) is 11.3 Å². The first kappa shape index (κ1) is 22.6. The second kappa shape index (κ2) is 9.50. The molecule has 1 fully saturated rings. The average molecular weight is 479 g/mol. The van der Waals surface area contributed by atoms with Crippen LogP contribution in [0.15, 0.2) is 52.3 Å². The number of nitrogens with zero attached hydrogens (tertiary/aromatic N) is 4. The number of hydrogen-bond donors (Lipinski definition) is 0. The molecule has 0 N–H and O–H groups in total. The summed E-state index contributed by atoms with van der Waals surface area (Å²) in [7, 11) is 0. The van der Waals surface area contributed by atoms with Crippen LogP contribution in [0.2, 0.25) is 0 Å². The van der Waals surface area contributed by atoms with Gasteiger partial charge in [0, 0.05) is 54.8 Å². The highest BCUT2D eigenvalue weighted by molar-refractivity contribution is 8.00. The third kappa shape index (κ3) is 5.24. The van der Waals surface area contributed by atoms with Crippen molar-refractivity contribution < 1.29 is 18.0 Å². The highest BCUT2D eigenvalue weighted by atomic mass is 32.2. The van der Waals surface area contributed by atoms with E-state index in [9.17, 15) is 18.0 Å². The number of thioether (sulfide) groups is 1. The van der Waals surface area contributed by atoms with E-state index in [0.717, 1.165) is 27.9 Å². The standard InChI is InChI=1S/C22H21F3N4OS2/c1-15-13-31-21(27-15)32-14-16-4-2-3-5-18(16)20(30)29-10-8-28(9-11-29)19-7-6-17(12-26-19)22(23,24)25/h2-7,12-13H,8-11,14H2,1H3. The molecule has 0 aliphatic carbocycles. The van der Waals surface area contributed by atoms with Crippen LogP contribution in [0.25, 0.3) is 0 Å². The molecule has 3 aromatic rings. The number of halogens is 3. The van der Waals surface area contributed by atoms with Crippen LogP contribution in [-0.2, 0) is 11.9 Å². The van der Waals surface area contributed by atoms with Gasteiger partial charge < -0.3 is 9.80 Å². The van der Waals surface area contributed by atoms with Gasteiger partial charge in [-0.25, -0.2) is 9.97 Å². The number of aromatic nitrogens is 2. The third-order valence-corrected chi connectivity index (χ3v) is 7.35. The number of alkyl halides is 3. The molecule has 4 rings (SSSR count). The summed E-state index contributed by atoms with van der Waals surface area (Å²) >= 11 is 3.21. The van der Waals surface area contributed by atoms with Crippen LogP contribution in [0.5, 0.6) is 0 Å². The van der Waals surface area contributed by atoms with E-state index in [1.807, 2.05) is 41.5 Å². The topological polar surface area (TPSA) is 49.3 Å². The van der Waals surface area contributed by atoms with Gasteiger partial charge in [0.05, 0.1) is 5.56 Å². The molecule has 10 heteroatoms. The Morgan fingerprint density at radius 3 is 2.50 bits per heavy atom. The maximum Gasteiger partial charge on any atom is 0.417 e. The lowest BCUT2D eigenvalue weighted by atomic mass is 10.1. The monoisotopic (exact) mass is 478 g/mol. The van der Waals surface area contributed by atoms with E-state index >= 15 is 0 Å². The molecule has 1 aromatic carbocycles. The lowest BCUT2D eigenvalue weighted by molar-refractivity contribution is -0.137. The Morgan fingerprint density at radius 1 is 1.12 bits per heavy atom. The molecule has 0 radical (unpaired) electrons. The van der Waals surface area contributed by atoms with Gasteiger partial charge in [-0.05, 0) is 30.7 Å². The van der Waals surface area contributed by atoms with Gasteiger partial charge in [-0.1, -0.05) is 30.0 Å². The van der Waals surface area contributed by atoms with Gasteiger partial charge in [0.1, 0.15) is 10.2 Å².